The highest BCUT2D eigenvalue weighted by Crippen LogP contribution is 2.29. The number of aromatic hydroxyl groups is 2. The van der Waals surface area contributed by atoms with E-state index < -0.39 is 0 Å². The molecule has 0 aliphatic carbocycles. The number of methoxy groups -OCH3 is 2. The van der Waals surface area contributed by atoms with E-state index in [1.165, 1.54) is 6.07 Å². The van der Waals surface area contributed by atoms with Crippen LogP contribution in [-0.4, -0.2) is 24.4 Å². The molecule has 4 heteroatoms. The molecule has 0 aromatic heterocycles. The molecule has 0 spiro atoms. The Hall–Kier alpha value is -2.62. The zero-order valence-electron chi connectivity index (χ0n) is 12.3. The van der Waals surface area contributed by atoms with Gasteiger partial charge in [-0.1, -0.05) is 6.08 Å². The Morgan fingerprint density at radius 3 is 1.86 bits per heavy atom. The van der Waals surface area contributed by atoms with Crippen molar-refractivity contribution in [2.24, 2.45) is 0 Å². The number of benzene rings is 2. The number of phenols is 2. The summed E-state index contributed by atoms with van der Waals surface area (Å²) < 4.78 is 10.5. The van der Waals surface area contributed by atoms with Crippen molar-refractivity contribution in [3.05, 3.63) is 47.5 Å². The van der Waals surface area contributed by atoms with Gasteiger partial charge in [-0.3, -0.25) is 0 Å². The molecule has 0 aliphatic heterocycles. The lowest BCUT2D eigenvalue weighted by Gasteiger charge is -2.08. The second-order valence-electron chi connectivity index (χ2n) is 4.71. The van der Waals surface area contributed by atoms with Crippen LogP contribution in [0, 0.1) is 0 Å². The van der Waals surface area contributed by atoms with Crippen LogP contribution in [0.1, 0.15) is 18.1 Å². The second-order valence-corrected chi connectivity index (χ2v) is 4.71. The van der Waals surface area contributed by atoms with E-state index in [1.54, 1.807) is 32.4 Å². The average molecular weight is 286 g/mol. The smallest absolute Gasteiger partial charge is 0.123 e. The molecular weight excluding hydrogens is 268 g/mol. The van der Waals surface area contributed by atoms with E-state index in [2.05, 4.69) is 0 Å². The Morgan fingerprint density at radius 2 is 1.38 bits per heavy atom. The lowest BCUT2D eigenvalue weighted by molar-refractivity contribution is 0.394. The molecule has 0 unspecified atom stereocenters. The lowest BCUT2D eigenvalue weighted by atomic mass is 10.0. The normalized spacial score (nSPS) is 11.3. The van der Waals surface area contributed by atoms with Crippen LogP contribution in [0.25, 0.3) is 11.6 Å². The minimum Gasteiger partial charge on any atom is -0.508 e. The van der Waals surface area contributed by atoms with Gasteiger partial charge >= 0.3 is 0 Å². The fourth-order valence-electron chi connectivity index (χ4n) is 2.07. The molecule has 0 saturated heterocycles. The quantitative estimate of drug-likeness (QED) is 0.842. The van der Waals surface area contributed by atoms with Crippen LogP contribution in [0.5, 0.6) is 23.0 Å². The van der Waals surface area contributed by atoms with Crippen LogP contribution in [0.2, 0.25) is 0 Å². The van der Waals surface area contributed by atoms with E-state index in [4.69, 9.17) is 9.47 Å². The average Bonchev–Trinajstić information content (AvgIpc) is 2.45. The SMILES string of the molecule is COc1cc(/C=C(\C)c2cc(O)cc(O)c2)cc(OC)c1. The summed E-state index contributed by atoms with van der Waals surface area (Å²) in [6, 6.07) is 10.1. The Balaban J connectivity index is 2.42. The fourth-order valence-corrected chi connectivity index (χ4v) is 2.07. The summed E-state index contributed by atoms with van der Waals surface area (Å²) in [5, 5.41) is 19.1. The highest BCUT2D eigenvalue weighted by molar-refractivity contribution is 5.81. The minimum absolute atomic E-state index is 0.0287. The number of hydrogen-bond acceptors (Lipinski definition) is 4. The van der Waals surface area contributed by atoms with Gasteiger partial charge in [0, 0.05) is 12.1 Å². The third-order valence-electron chi connectivity index (χ3n) is 3.11. The molecular formula is C17H18O4. The van der Waals surface area contributed by atoms with Crippen molar-refractivity contribution in [2.75, 3.05) is 14.2 Å². The maximum atomic E-state index is 9.55. The van der Waals surface area contributed by atoms with Gasteiger partial charge in [0.1, 0.15) is 23.0 Å². The number of allylic oxidation sites excluding steroid dienone is 1. The maximum absolute atomic E-state index is 9.55. The van der Waals surface area contributed by atoms with E-state index in [-0.39, 0.29) is 11.5 Å². The highest BCUT2D eigenvalue weighted by Gasteiger charge is 2.04. The Morgan fingerprint density at radius 1 is 0.857 bits per heavy atom. The van der Waals surface area contributed by atoms with Gasteiger partial charge < -0.3 is 19.7 Å². The first-order valence-corrected chi connectivity index (χ1v) is 6.46. The van der Waals surface area contributed by atoms with Crippen LogP contribution >= 0.6 is 0 Å². The van der Waals surface area contributed by atoms with Crippen LogP contribution in [0.15, 0.2) is 36.4 Å². The topological polar surface area (TPSA) is 58.9 Å². The van der Waals surface area contributed by atoms with Crippen molar-refractivity contribution >= 4 is 11.6 Å². The zero-order chi connectivity index (χ0) is 15.4. The Kier molecular flexibility index (Phi) is 4.38. The van der Waals surface area contributed by atoms with Crippen LogP contribution < -0.4 is 9.47 Å². The molecule has 2 N–H and O–H groups in total. The largest absolute Gasteiger partial charge is 0.508 e. The highest BCUT2D eigenvalue weighted by atomic mass is 16.5. The van der Waals surface area contributed by atoms with Crippen molar-refractivity contribution in [3.8, 4) is 23.0 Å². The summed E-state index contributed by atoms with van der Waals surface area (Å²) in [6.07, 6.45) is 1.93. The van der Waals surface area contributed by atoms with Crippen molar-refractivity contribution in [1.82, 2.24) is 0 Å². The minimum atomic E-state index is 0.0287. The molecule has 110 valence electrons. The molecule has 0 fully saturated rings. The molecule has 0 saturated carbocycles. The third kappa shape index (κ3) is 3.69. The van der Waals surface area contributed by atoms with Crippen molar-refractivity contribution in [2.45, 2.75) is 6.92 Å². The molecule has 0 aliphatic rings. The molecule has 2 rings (SSSR count). The van der Waals surface area contributed by atoms with E-state index >= 15 is 0 Å². The molecule has 2 aromatic carbocycles. The zero-order valence-corrected chi connectivity index (χ0v) is 12.3. The molecule has 2 aromatic rings. The number of phenolic OH excluding ortho intramolecular Hbond substituents is 2. The second kappa shape index (κ2) is 6.22. The first-order valence-electron chi connectivity index (χ1n) is 6.46. The standard InChI is InChI=1S/C17H18O4/c1-11(13-7-14(18)9-15(19)8-13)4-12-5-16(20-2)10-17(6-12)21-3/h4-10,18-19H,1-3H3/b11-4+. The van der Waals surface area contributed by atoms with Gasteiger partial charge in [-0.25, -0.2) is 0 Å². The molecule has 0 bridgehead atoms. The summed E-state index contributed by atoms with van der Waals surface area (Å²) >= 11 is 0. The van der Waals surface area contributed by atoms with Crippen molar-refractivity contribution in [1.29, 1.82) is 0 Å². The van der Waals surface area contributed by atoms with Gasteiger partial charge in [0.25, 0.3) is 0 Å². The Labute approximate surface area is 123 Å². The van der Waals surface area contributed by atoms with Gasteiger partial charge in [0.05, 0.1) is 14.2 Å². The molecule has 0 amide bonds. The molecule has 0 atom stereocenters. The van der Waals surface area contributed by atoms with Crippen molar-refractivity contribution in [3.63, 3.8) is 0 Å². The molecule has 0 heterocycles. The predicted molar refractivity (Wildman–Crippen MR) is 82.9 cm³/mol. The third-order valence-corrected chi connectivity index (χ3v) is 3.11. The maximum Gasteiger partial charge on any atom is 0.123 e. The van der Waals surface area contributed by atoms with E-state index in [1.807, 2.05) is 25.1 Å². The fraction of sp³-hybridized carbons (Fsp3) is 0.176. The lowest BCUT2D eigenvalue weighted by Crippen LogP contribution is -1.88. The number of rotatable bonds is 4. The number of hydrogen-bond donors (Lipinski definition) is 2. The van der Waals surface area contributed by atoms with Gasteiger partial charge in [-0.15, -0.1) is 0 Å². The van der Waals surface area contributed by atoms with Crippen LogP contribution in [-0.2, 0) is 0 Å². The summed E-state index contributed by atoms with van der Waals surface area (Å²) in [5.74, 6) is 1.46. The van der Waals surface area contributed by atoms with Crippen LogP contribution in [0.4, 0.5) is 0 Å². The van der Waals surface area contributed by atoms with Gasteiger partial charge in [0.15, 0.2) is 0 Å². The summed E-state index contributed by atoms with van der Waals surface area (Å²) in [4.78, 5) is 0. The molecule has 0 radical (unpaired) electrons. The van der Waals surface area contributed by atoms with Gasteiger partial charge in [-0.2, -0.15) is 0 Å². The monoisotopic (exact) mass is 286 g/mol. The molecule has 4 nitrogen and oxygen atoms in total. The van der Waals surface area contributed by atoms with Gasteiger partial charge in [-0.05, 0) is 47.9 Å². The van der Waals surface area contributed by atoms with E-state index in [9.17, 15) is 10.2 Å². The summed E-state index contributed by atoms with van der Waals surface area (Å²) in [6.45, 7) is 1.90. The van der Waals surface area contributed by atoms with E-state index in [0.29, 0.717) is 11.5 Å². The van der Waals surface area contributed by atoms with Gasteiger partial charge in [0.2, 0.25) is 0 Å². The summed E-state index contributed by atoms with van der Waals surface area (Å²) in [5.41, 5.74) is 2.55. The predicted octanol–water partition coefficient (Wildman–Crippen LogP) is 3.68. The van der Waals surface area contributed by atoms with Crippen molar-refractivity contribution < 1.29 is 19.7 Å². The number of ether oxygens (including phenoxy) is 2. The molecule has 21 heavy (non-hydrogen) atoms. The first-order chi connectivity index (χ1) is 10.0. The first kappa shape index (κ1) is 14.8. The Bertz CT molecular complexity index is 632. The van der Waals surface area contributed by atoms with E-state index in [0.717, 1.165) is 16.7 Å². The van der Waals surface area contributed by atoms with Crippen LogP contribution in [0.3, 0.4) is 0 Å². The summed E-state index contributed by atoms with van der Waals surface area (Å²) in [7, 11) is 3.20.